The van der Waals surface area contributed by atoms with E-state index in [9.17, 15) is 4.79 Å². The van der Waals surface area contributed by atoms with Gasteiger partial charge in [0, 0.05) is 6.04 Å². The average Bonchev–Trinajstić information content (AvgIpc) is 1.90. The maximum absolute atomic E-state index is 10.1. The molecule has 1 saturated heterocycles. The second-order valence-electron chi connectivity index (χ2n) is 2.35. The molecular formula is C6H11NO2. The van der Waals surface area contributed by atoms with Gasteiger partial charge >= 0.3 is 0 Å². The quantitative estimate of drug-likeness (QED) is 0.494. The van der Waals surface area contributed by atoms with Gasteiger partial charge in [0.15, 0.2) is 0 Å². The number of ether oxygens (including phenoxy) is 1. The van der Waals surface area contributed by atoms with Gasteiger partial charge in [-0.1, -0.05) is 0 Å². The monoisotopic (exact) mass is 129 g/mol. The van der Waals surface area contributed by atoms with E-state index in [0.29, 0.717) is 6.61 Å². The molecule has 2 atom stereocenters. The van der Waals surface area contributed by atoms with Crippen LogP contribution in [0, 0.1) is 0 Å². The standard InChI is InChI=1S/C6H11NO2/c7-5-1-2-6(3-8)9-4-5/h3,5-6H,1-2,4,7H2/t5-,6+/m1/s1. The fraction of sp³-hybridized carbons (Fsp3) is 0.833. The number of hydrogen-bond acceptors (Lipinski definition) is 3. The van der Waals surface area contributed by atoms with Gasteiger partial charge in [0.05, 0.1) is 6.61 Å². The molecule has 3 nitrogen and oxygen atoms in total. The molecule has 0 saturated carbocycles. The molecule has 3 heteroatoms. The van der Waals surface area contributed by atoms with E-state index >= 15 is 0 Å². The van der Waals surface area contributed by atoms with Gasteiger partial charge in [0.2, 0.25) is 0 Å². The van der Waals surface area contributed by atoms with Crippen LogP contribution in [0.2, 0.25) is 0 Å². The van der Waals surface area contributed by atoms with E-state index in [1.165, 1.54) is 0 Å². The minimum atomic E-state index is -0.190. The summed E-state index contributed by atoms with van der Waals surface area (Å²) < 4.78 is 5.05. The first kappa shape index (κ1) is 6.71. The van der Waals surface area contributed by atoms with Crippen LogP contribution in [-0.2, 0) is 9.53 Å². The topological polar surface area (TPSA) is 52.3 Å². The van der Waals surface area contributed by atoms with Crippen LogP contribution in [0.5, 0.6) is 0 Å². The van der Waals surface area contributed by atoms with Gasteiger partial charge in [-0.3, -0.25) is 0 Å². The van der Waals surface area contributed by atoms with E-state index in [1.54, 1.807) is 0 Å². The highest BCUT2D eigenvalue weighted by molar-refractivity contribution is 5.56. The van der Waals surface area contributed by atoms with Crippen molar-refractivity contribution in [2.24, 2.45) is 5.73 Å². The predicted molar refractivity (Wildman–Crippen MR) is 33.0 cm³/mol. The third-order valence-corrected chi connectivity index (χ3v) is 1.50. The Morgan fingerprint density at radius 1 is 1.56 bits per heavy atom. The van der Waals surface area contributed by atoms with E-state index in [2.05, 4.69) is 0 Å². The molecule has 52 valence electrons. The summed E-state index contributed by atoms with van der Waals surface area (Å²) in [4.78, 5) is 10.1. The highest BCUT2D eigenvalue weighted by Gasteiger charge is 2.17. The highest BCUT2D eigenvalue weighted by Crippen LogP contribution is 2.09. The first-order chi connectivity index (χ1) is 4.33. The molecule has 0 amide bonds. The summed E-state index contributed by atoms with van der Waals surface area (Å²) in [7, 11) is 0. The summed E-state index contributed by atoms with van der Waals surface area (Å²) >= 11 is 0. The average molecular weight is 129 g/mol. The van der Waals surface area contributed by atoms with Crippen molar-refractivity contribution >= 4 is 6.29 Å². The third-order valence-electron chi connectivity index (χ3n) is 1.50. The van der Waals surface area contributed by atoms with Crippen LogP contribution in [0.1, 0.15) is 12.8 Å². The lowest BCUT2D eigenvalue weighted by Gasteiger charge is -2.22. The van der Waals surface area contributed by atoms with Gasteiger partial charge in [-0.05, 0) is 12.8 Å². The molecule has 0 unspecified atom stereocenters. The normalized spacial score (nSPS) is 36.1. The number of rotatable bonds is 1. The fourth-order valence-corrected chi connectivity index (χ4v) is 0.900. The van der Waals surface area contributed by atoms with Gasteiger partial charge in [-0.25, -0.2) is 0 Å². The second-order valence-corrected chi connectivity index (χ2v) is 2.35. The van der Waals surface area contributed by atoms with Crippen LogP contribution in [0.3, 0.4) is 0 Å². The number of carbonyl (C=O) groups is 1. The maximum Gasteiger partial charge on any atom is 0.148 e. The summed E-state index contributed by atoms with van der Waals surface area (Å²) in [5, 5.41) is 0. The molecule has 0 bridgehead atoms. The molecule has 0 radical (unpaired) electrons. The largest absolute Gasteiger partial charge is 0.369 e. The lowest BCUT2D eigenvalue weighted by atomic mass is 10.1. The molecule has 0 aliphatic carbocycles. The van der Waals surface area contributed by atoms with Crippen LogP contribution in [0.15, 0.2) is 0 Å². The first-order valence-corrected chi connectivity index (χ1v) is 3.15. The van der Waals surface area contributed by atoms with E-state index in [4.69, 9.17) is 10.5 Å². The summed E-state index contributed by atoms with van der Waals surface area (Å²) in [5.41, 5.74) is 5.51. The van der Waals surface area contributed by atoms with Crippen LogP contribution >= 0.6 is 0 Å². The Morgan fingerprint density at radius 3 is 2.78 bits per heavy atom. The van der Waals surface area contributed by atoms with E-state index in [1.807, 2.05) is 0 Å². The zero-order valence-electron chi connectivity index (χ0n) is 5.25. The van der Waals surface area contributed by atoms with Crippen molar-refractivity contribution in [3.8, 4) is 0 Å². The van der Waals surface area contributed by atoms with Gasteiger partial charge in [-0.15, -0.1) is 0 Å². The molecule has 1 rings (SSSR count). The number of hydrogen-bond donors (Lipinski definition) is 1. The Morgan fingerprint density at radius 2 is 2.33 bits per heavy atom. The molecular weight excluding hydrogens is 118 g/mol. The van der Waals surface area contributed by atoms with Crippen LogP contribution in [0.4, 0.5) is 0 Å². The summed E-state index contributed by atoms with van der Waals surface area (Å²) in [6.45, 7) is 0.531. The van der Waals surface area contributed by atoms with Crippen molar-refractivity contribution < 1.29 is 9.53 Å². The summed E-state index contributed by atoms with van der Waals surface area (Å²) in [6, 6.07) is 0.140. The van der Waals surface area contributed by atoms with Crippen molar-refractivity contribution in [2.45, 2.75) is 25.0 Å². The lowest BCUT2D eigenvalue weighted by molar-refractivity contribution is -0.121. The molecule has 1 heterocycles. The van der Waals surface area contributed by atoms with Crippen molar-refractivity contribution in [1.82, 2.24) is 0 Å². The summed E-state index contributed by atoms with van der Waals surface area (Å²) in [6.07, 6.45) is 2.34. The minimum absolute atomic E-state index is 0.140. The molecule has 9 heavy (non-hydrogen) atoms. The zero-order valence-corrected chi connectivity index (χ0v) is 5.25. The lowest BCUT2D eigenvalue weighted by Crippen LogP contribution is -2.35. The van der Waals surface area contributed by atoms with Gasteiger partial charge in [0.25, 0.3) is 0 Å². The SMILES string of the molecule is N[C@@H]1CC[C@@H](C=O)OC1. The number of aldehydes is 1. The molecule has 1 fully saturated rings. The Hall–Kier alpha value is -0.410. The van der Waals surface area contributed by atoms with E-state index in [-0.39, 0.29) is 12.1 Å². The fourth-order valence-electron chi connectivity index (χ4n) is 0.900. The Labute approximate surface area is 54.2 Å². The number of nitrogens with two attached hydrogens (primary N) is 1. The Balaban J connectivity index is 2.26. The smallest absolute Gasteiger partial charge is 0.148 e. The molecule has 0 aromatic heterocycles. The van der Waals surface area contributed by atoms with E-state index < -0.39 is 0 Å². The molecule has 0 aromatic carbocycles. The van der Waals surface area contributed by atoms with Gasteiger partial charge in [-0.2, -0.15) is 0 Å². The second kappa shape index (κ2) is 2.94. The van der Waals surface area contributed by atoms with Gasteiger partial charge < -0.3 is 15.3 Å². The van der Waals surface area contributed by atoms with Gasteiger partial charge in [0.1, 0.15) is 12.4 Å². The minimum Gasteiger partial charge on any atom is -0.369 e. The third kappa shape index (κ3) is 1.77. The highest BCUT2D eigenvalue weighted by atomic mass is 16.5. The first-order valence-electron chi connectivity index (χ1n) is 3.15. The maximum atomic E-state index is 10.1. The molecule has 0 spiro atoms. The molecule has 0 aromatic rings. The van der Waals surface area contributed by atoms with Crippen molar-refractivity contribution in [1.29, 1.82) is 0 Å². The van der Waals surface area contributed by atoms with Crippen molar-refractivity contribution in [3.05, 3.63) is 0 Å². The molecule has 1 aliphatic rings. The van der Waals surface area contributed by atoms with Crippen LogP contribution in [-0.4, -0.2) is 25.0 Å². The molecule has 2 N–H and O–H groups in total. The predicted octanol–water partition coefficient (Wildman–Crippen LogP) is -0.308. The van der Waals surface area contributed by atoms with Crippen molar-refractivity contribution in [2.75, 3.05) is 6.61 Å². The van der Waals surface area contributed by atoms with Crippen LogP contribution < -0.4 is 5.73 Å². The Bertz CT molecular complexity index is 97.2. The van der Waals surface area contributed by atoms with E-state index in [0.717, 1.165) is 19.1 Å². The molecule has 1 aliphatic heterocycles. The number of carbonyl (C=O) groups excluding carboxylic acids is 1. The zero-order chi connectivity index (χ0) is 6.69. The summed E-state index contributed by atoms with van der Waals surface area (Å²) in [5.74, 6) is 0. The van der Waals surface area contributed by atoms with Crippen LogP contribution in [0.25, 0.3) is 0 Å². The Kier molecular flexibility index (Phi) is 2.19. The van der Waals surface area contributed by atoms with Crippen molar-refractivity contribution in [3.63, 3.8) is 0 Å².